The molecule has 0 amide bonds. The highest BCUT2D eigenvalue weighted by Crippen LogP contribution is 2.24. The number of ketones is 1. The van der Waals surface area contributed by atoms with E-state index in [4.69, 9.17) is 9.15 Å². The molecular formula is C13H11FO3. The van der Waals surface area contributed by atoms with Crippen molar-refractivity contribution in [2.24, 2.45) is 0 Å². The van der Waals surface area contributed by atoms with Crippen molar-refractivity contribution in [3.8, 4) is 5.75 Å². The van der Waals surface area contributed by atoms with E-state index in [1.165, 1.54) is 31.4 Å². The van der Waals surface area contributed by atoms with Crippen molar-refractivity contribution in [2.75, 3.05) is 7.11 Å². The van der Waals surface area contributed by atoms with Crippen molar-refractivity contribution in [1.82, 2.24) is 0 Å². The van der Waals surface area contributed by atoms with E-state index < -0.39 is 11.6 Å². The number of carbonyl (C=O) groups excluding carboxylic acids is 1. The van der Waals surface area contributed by atoms with E-state index in [0.29, 0.717) is 5.76 Å². The first-order valence-electron chi connectivity index (χ1n) is 5.07. The number of furan rings is 1. The van der Waals surface area contributed by atoms with Crippen LogP contribution in [0.4, 0.5) is 4.39 Å². The van der Waals surface area contributed by atoms with Crippen LogP contribution in [0.2, 0.25) is 0 Å². The minimum Gasteiger partial charge on any atom is -0.496 e. The maximum Gasteiger partial charge on any atom is 0.234 e. The van der Waals surface area contributed by atoms with Gasteiger partial charge in [0.1, 0.15) is 22.9 Å². The smallest absolute Gasteiger partial charge is 0.234 e. The second-order valence-electron chi connectivity index (χ2n) is 3.56. The number of methoxy groups -OCH3 is 1. The van der Waals surface area contributed by atoms with Gasteiger partial charge in [0.25, 0.3) is 0 Å². The van der Waals surface area contributed by atoms with E-state index in [1.54, 1.807) is 13.0 Å². The largest absolute Gasteiger partial charge is 0.496 e. The summed E-state index contributed by atoms with van der Waals surface area (Å²) in [6.45, 7) is 1.72. The van der Waals surface area contributed by atoms with Crippen molar-refractivity contribution < 1.29 is 18.3 Å². The molecule has 1 aromatic heterocycles. The zero-order chi connectivity index (χ0) is 12.4. The molecule has 0 aliphatic rings. The molecule has 1 aromatic carbocycles. The van der Waals surface area contributed by atoms with E-state index in [2.05, 4.69) is 0 Å². The molecule has 0 bridgehead atoms. The van der Waals surface area contributed by atoms with Gasteiger partial charge in [-0.15, -0.1) is 0 Å². The fourth-order valence-electron chi connectivity index (χ4n) is 1.57. The number of halogens is 1. The molecule has 0 aliphatic heterocycles. The second-order valence-corrected chi connectivity index (χ2v) is 3.56. The highest BCUT2D eigenvalue weighted by Gasteiger charge is 2.21. The molecule has 0 radical (unpaired) electrons. The molecule has 0 N–H and O–H groups in total. The standard InChI is InChI=1S/C13H11FO3/c1-8-6-7-11(17-8)13(15)12-9(14)4-3-5-10(12)16-2/h3-7H,1-2H3. The van der Waals surface area contributed by atoms with Crippen LogP contribution in [0.3, 0.4) is 0 Å². The molecule has 2 aromatic rings. The van der Waals surface area contributed by atoms with Gasteiger partial charge < -0.3 is 9.15 Å². The SMILES string of the molecule is COc1cccc(F)c1C(=O)c1ccc(C)o1. The first kappa shape index (κ1) is 11.4. The Morgan fingerprint density at radius 1 is 1.29 bits per heavy atom. The van der Waals surface area contributed by atoms with Crippen LogP contribution in [0.1, 0.15) is 21.9 Å². The molecule has 0 spiro atoms. The molecule has 2 rings (SSSR count). The minimum absolute atomic E-state index is 0.103. The Morgan fingerprint density at radius 3 is 2.65 bits per heavy atom. The predicted molar refractivity (Wildman–Crippen MR) is 59.8 cm³/mol. The molecular weight excluding hydrogens is 223 g/mol. The van der Waals surface area contributed by atoms with Gasteiger partial charge in [-0.1, -0.05) is 6.07 Å². The van der Waals surface area contributed by atoms with Crippen LogP contribution in [0.25, 0.3) is 0 Å². The van der Waals surface area contributed by atoms with Crippen LogP contribution < -0.4 is 4.74 Å². The number of benzene rings is 1. The number of rotatable bonds is 3. The number of hydrogen-bond donors (Lipinski definition) is 0. The van der Waals surface area contributed by atoms with Crippen molar-refractivity contribution in [3.05, 3.63) is 53.2 Å². The zero-order valence-electron chi connectivity index (χ0n) is 9.49. The summed E-state index contributed by atoms with van der Waals surface area (Å²) in [5, 5.41) is 0. The van der Waals surface area contributed by atoms with Gasteiger partial charge in [-0.25, -0.2) is 4.39 Å². The molecule has 3 nitrogen and oxygen atoms in total. The molecule has 0 aliphatic carbocycles. The summed E-state index contributed by atoms with van der Waals surface area (Å²) >= 11 is 0. The van der Waals surface area contributed by atoms with E-state index in [0.717, 1.165) is 0 Å². The van der Waals surface area contributed by atoms with Gasteiger partial charge in [-0.3, -0.25) is 4.79 Å². The molecule has 1 heterocycles. The van der Waals surface area contributed by atoms with Gasteiger partial charge >= 0.3 is 0 Å². The second kappa shape index (κ2) is 4.41. The van der Waals surface area contributed by atoms with Crippen molar-refractivity contribution >= 4 is 5.78 Å². The van der Waals surface area contributed by atoms with Crippen molar-refractivity contribution in [2.45, 2.75) is 6.92 Å². The van der Waals surface area contributed by atoms with Crippen LogP contribution in [0.15, 0.2) is 34.7 Å². The van der Waals surface area contributed by atoms with Crippen LogP contribution >= 0.6 is 0 Å². The fourth-order valence-corrected chi connectivity index (χ4v) is 1.57. The lowest BCUT2D eigenvalue weighted by Crippen LogP contribution is -2.05. The number of carbonyl (C=O) groups is 1. The number of hydrogen-bond acceptors (Lipinski definition) is 3. The highest BCUT2D eigenvalue weighted by atomic mass is 19.1. The third-order valence-electron chi connectivity index (χ3n) is 2.39. The Labute approximate surface area is 97.8 Å². The summed E-state index contributed by atoms with van der Waals surface area (Å²) < 4.78 is 23.8. The quantitative estimate of drug-likeness (QED) is 0.766. The molecule has 88 valence electrons. The summed E-state index contributed by atoms with van der Waals surface area (Å²) in [4.78, 5) is 12.0. The lowest BCUT2D eigenvalue weighted by atomic mass is 10.1. The van der Waals surface area contributed by atoms with Crippen LogP contribution in [0.5, 0.6) is 5.75 Å². The first-order chi connectivity index (χ1) is 8.13. The van der Waals surface area contributed by atoms with Crippen molar-refractivity contribution in [1.29, 1.82) is 0 Å². The summed E-state index contributed by atoms with van der Waals surface area (Å²) in [5.74, 6) is -0.241. The average molecular weight is 234 g/mol. The molecule has 0 fully saturated rings. The zero-order valence-corrected chi connectivity index (χ0v) is 9.49. The molecule has 0 saturated heterocycles. The Bertz CT molecular complexity index is 558. The van der Waals surface area contributed by atoms with Gasteiger partial charge in [0, 0.05) is 0 Å². The topological polar surface area (TPSA) is 39.4 Å². The minimum atomic E-state index is -0.622. The number of ether oxygens (including phenoxy) is 1. The Morgan fingerprint density at radius 2 is 2.06 bits per heavy atom. The van der Waals surface area contributed by atoms with Gasteiger partial charge in [-0.05, 0) is 31.2 Å². The van der Waals surface area contributed by atoms with Crippen LogP contribution in [0, 0.1) is 12.7 Å². The summed E-state index contributed by atoms with van der Waals surface area (Å²) in [6.07, 6.45) is 0. The third-order valence-corrected chi connectivity index (χ3v) is 2.39. The Kier molecular flexibility index (Phi) is 2.95. The van der Waals surface area contributed by atoms with E-state index >= 15 is 0 Å². The summed E-state index contributed by atoms with van der Waals surface area (Å²) in [7, 11) is 1.39. The van der Waals surface area contributed by atoms with Gasteiger partial charge in [0.2, 0.25) is 5.78 Å². The normalized spacial score (nSPS) is 10.3. The van der Waals surface area contributed by atoms with Gasteiger partial charge in [-0.2, -0.15) is 0 Å². The first-order valence-corrected chi connectivity index (χ1v) is 5.07. The Hall–Kier alpha value is -2.10. The average Bonchev–Trinajstić information content (AvgIpc) is 2.74. The third kappa shape index (κ3) is 2.06. The fraction of sp³-hybridized carbons (Fsp3) is 0.154. The maximum atomic E-state index is 13.6. The van der Waals surface area contributed by atoms with E-state index in [1.807, 2.05) is 0 Å². The summed E-state index contributed by atoms with van der Waals surface area (Å²) in [6, 6.07) is 7.40. The van der Waals surface area contributed by atoms with Gasteiger partial charge in [0.15, 0.2) is 5.76 Å². The Balaban J connectivity index is 2.50. The maximum absolute atomic E-state index is 13.6. The summed E-state index contributed by atoms with van der Waals surface area (Å²) in [5.41, 5.74) is -0.107. The molecule has 0 atom stereocenters. The van der Waals surface area contributed by atoms with Gasteiger partial charge in [0.05, 0.1) is 7.11 Å². The lowest BCUT2D eigenvalue weighted by molar-refractivity contribution is 0.100. The number of aryl methyl sites for hydroxylation is 1. The molecule has 0 saturated carbocycles. The molecule has 0 unspecified atom stereocenters. The van der Waals surface area contributed by atoms with Crippen LogP contribution in [-0.2, 0) is 0 Å². The van der Waals surface area contributed by atoms with Crippen molar-refractivity contribution in [3.63, 3.8) is 0 Å². The van der Waals surface area contributed by atoms with E-state index in [9.17, 15) is 9.18 Å². The highest BCUT2D eigenvalue weighted by molar-refractivity contribution is 6.09. The van der Waals surface area contributed by atoms with E-state index in [-0.39, 0.29) is 17.1 Å². The molecule has 4 heteroatoms. The molecule has 17 heavy (non-hydrogen) atoms. The predicted octanol–water partition coefficient (Wildman–Crippen LogP) is 2.97. The lowest BCUT2D eigenvalue weighted by Gasteiger charge is -2.06. The van der Waals surface area contributed by atoms with Crippen LogP contribution in [-0.4, -0.2) is 12.9 Å². The monoisotopic (exact) mass is 234 g/mol.